The number of H-pyrrole nitrogens is 1. The molecule has 3 aromatic rings. The second-order valence-corrected chi connectivity index (χ2v) is 7.21. The van der Waals surface area contributed by atoms with E-state index in [0.29, 0.717) is 24.6 Å². The van der Waals surface area contributed by atoms with Crippen molar-refractivity contribution in [3.8, 4) is 10.6 Å². The van der Waals surface area contributed by atoms with E-state index in [0.717, 1.165) is 17.7 Å². The molecule has 0 aromatic carbocycles. The van der Waals surface area contributed by atoms with Crippen LogP contribution in [0.2, 0.25) is 0 Å². The first-order valence-electron chi connectivity index (χ1n) is 8.44. The summed E-state index contributed by atoms with van der Waals surface area (Å²) in [6.45, 7) is 1.43. The lowest BCUT2D eigenvalue weighted by Gasteiger charge is -2.32. The summed E-state index contributed by atoms with van der Waals surface area (Å²) < 4.78 is 1.52. The van der Waals surface area contributed by atoms with Crippen LogP contribution in [0.4, 0.5) is 0 Å². The van der Waals surface area contributed by atoms with E-state index < -0.39 is 0 Å². The molecule has 4 rings (SSSR count). The minimum absolute atomic E-state index is 0.00282. The van der Waals surface area contributed by atoms with Gasteiger partial charge in [0.2, 0.25) is 5.91 Å². The number of nitrogens with zero attached hydrogens (tertiary/aromatic N) is 5. The molecule has 134 valence electrons. The first kappa shape index (κ1) is 16.6. The highest BCUT2D eigenvalue weighted by Crippen LogP contribution is 2.27. The summed E-state index contributed by atoms with van der Waals surface area (Å²) in [6, 6.07) is 5.41. The Balaban J connectivity index is 1.52. The van der Waals surface area contributed by atoms with Crippen molar-refractivity contribution in [3.05, 3.63) is 52.4 Å². The maximum absolute atomic E-state index is 12.5. The summed E-state index contributed by atoms with van der Waals surface area (Å²) in [7, 11) is 0. The maximum atomic E-state index is 12.5. The molecule has 26 heavy (non-hydrogen) atoms. The molecule has 0 aliphatic carbocycles. The third kappa shape index (κ3) is 3.57. The number of hydrogen-bond donors (Lipinski definition) is 1. The number of thiophene rings is 1. The van der Waals surface area contributed by atoms with Gasteiger partial charge in [0.1, 0.15) is 25.0 Å². The minimum Gasteiger partial charge on any atom is -0.340 e. The van der Waals surface area contributed by atoms with Gasteiger partial charge in [0.05, 0.1) is 10.6 Å². The zero-order valence-corrected chi connectivity index (χ0v) is 14.9. The number of amides is 1. The highest BCUT2D eigenvalue weighted by Gasteiger charge is 2.27. The van der Waals surface area contributed by atoms with Gasteiger partial charge in [-0.3, -0.25) is 9.59 Å². The summed E-state index contributed by atoms with van der Waals surface area (Å²) in [6.07, 6.45) is 4.71. The number of hydrogen-bond acceptors (Lipinski definition) is 6. The summed E-state index contributed by atoms with van der Waals surface area (Å²) in [5, 5.41) is 5.94. The molecule has 8 nitrogen and oxygen atoms in total. The Hall–Kier alpha value is -2.81. The molecule has 4 heterocycles. The molecule has 3 aromatic heterocycles. The Labute approximate surface area is 153 Å². The predicted octanol–water partition coefficient (Wildman–Crippen LogP) is 1.50. The van der Waals surface area contributed by atoms with Gasteiger partial charge >= 0.3 is 0 Å². The topological polar surface area (TPSA) is 96.8 Å². The van der Waals surface area contributed by atoms with Gasteiger partial charge in [0.15, 0.2) is 0 Å². The Bertz CT molecular complexity index is 935. The molecule has 0 saturated carbocycles. The van der Waals surface area contributed by atoms with Crippen LogP contribution in [-0.2, 0) is 11.3 Å². The molecular formula is C17H18N6O2S. The standard InChI is InChI=1S/C17H18N6O2S/c24-15-7-13(14-4-2-6-26-14)20-17(21-15)12-3-1-5-22(8-12)16(25)9-23-11-18-10-19-23/h2,4,6-7,10-12H,1,3,5,8-9H2,(H,20,21,24)/t12-/m0/s1. The molecule has 0 bridgehead atoms. The molecule has 1 aliphatic heterocycles. The third-order valence-corrected chi connectivity index (χ3v) is 5.35. The molecule has 1 fully saturated rings. The van der Waals surface area contributed by atoms with Crippen molar-refractivity contribution in [3.63, 3.8) is 0 Å². The van der Waals surface area contributed by atoms with Crippen LogP contribution >= 0.6 is 11.3 Å². The van der Waals surface area contributed by atoms with Crippen LogP contribution in [0.5, 0.6) is 0 Å². The molecule has 1 saturated heterocycles. The van der Waals surface area contributed by atoms with Crippen LogP contribution in [-0.4, -0.2) is 48.6 Å². The van der Waals surface area contributed by atoms with Crippen molar-refractivity contribution >= 4 is 17.2 Å². The lowest BCUT2D eigenvalue weighted by atomic mass is 9.97. The van der Waals surface area contributed by atoms with Gasteiger partial charge in [0, 0.05) is 25.1 Å². The number of aromatic amines is 1. The largest absolute Gasteiger partial charge is 0.340 e. The van der Waals surface area contributed by atoms with Crippen molar-refractivity contribution < 1.29 is 4.79 Å². The van der Waals surface area contributed by atoms with E-state index >= 15 is 0 Å². The van der Waals surface area contributed by atoms with Gasteiger partial charge in [-0.1, -0.05) is 6.07 Å². The number of nitrogens with one attached hydrogen (secondary N) is 1. The van der Waals surface area contributed by atoms with Gasteiger partial charge in [0.25, 0.3) is 5.56 Å². The number of aromatic nitrogens is 5. The third-order valence-electron chi connectivity index (χ3n) is 4.46. The molecule has 9 heteroatoms. The molecule has 1 aliphatic rings. The number of likely N-dealkylation sites (tertiary alicyclic amines) is 1. The number of rotatable bonds is 4. The number of piperidine rings is 1. The zero-order chi connectivity index (χ0) is 17.9. The monoisotopic (exact) mass is 370 g/mol. The molecule has 1 N–H and O–H groups in total. The van der Waals surface area contributed by atoms with Crippen molar-refractivity contribution in [2.24, 2.45) is 0 Å². The van der Waals surface area contributed by atoms with Crippen LogP contribution in [0.25, 0.3) is 10.6 Å². The van der Waals surface area contributed by atoms with E-state index in [1.807, 2.05) is 22.4 Å². The zero-order valence-electron chi connectivity index (χ0n) is 14.0. The van der Waals surface area contributed by atoms with Crippen molar-refractivity contribution in [1.82, 2.24) is 29.6 Å². The highest BCUT2D eigenvalue weighted by atomic mass is 32.1. The normalized spacial score (nSPS) is 17.4. The van der Waals surface area contributed by atoms with Crippen LogP contribution in [0.1, 0.15) is 24.6 Å². The van der Waals surface area contributed by atoms with E-state index in [1.54, 1.807) is 11.3 Å². The average molecular weight is 370 g/mol. The van der Waals surface area contributed by atoms with Crippen molar-refractivity contribution in [1.29, 1.82) is 0 Å². The fraction of sp³-hybridized carbons (Fsp3) is 0.353. The van der Waals surface area contributed by atoms with E-state index in [4.69, 9.17) is 0 Å². The Morgan fingerprint density at radius 3 is 3.12 bits per heavy atom. The summed E-state index contributed by atoms with van der Waals surface area (Å²) in [4.78, 5) is 38.7. The maximum Gasteiger partial charge on any atom is 0.251 e. The van der Waals surface area contributed by atoms with Crippen LogP contribution in [0, 0.1) is 0 Å². The first-order chi connectivity index (χ1) is 12.7. The molecule has 1 amide bonds. The van der Waals surface area contributed by atoms with Crippen LogP contribution < -0.4 is 5.56 Å². The summed E-state index contributed by atoms with van der Waals surface area (Å²) >= 11 is 1.55. The van der Waals surface area contributed by atoms with E-state index in [2.05, 4.69) is 20.1 Å². The lowest BCUT2D eigenvalue weighted by molar-refractivity contribution is -0.133. The van der Waals surface area contributed by atoms with Crippen molar-refractivity contribution in [2.45, 2.75) is 25.3 Å². The van der Waals surface area contributed by atoms with Crippen molar-refractivity contribution in [2.75, 3.05) is 13.1 Å². The van der Waals surface area contributed by atoms with Crippen LogP contribution in [0.15, 0.2) is 41.0 Å². The quantitative estimate of drug-likeness (QED) is 0.751. The van der Waals surface area contributed by atoms with Gasteiger partial charge in [-0.2, -0.15) is 5.10 Å². The molecule has 0 radical (unpaired) electrons. The molecule has 0 spiro atoms. The van der Waals surface area contributed by atoms with Gasteiger partial charge in [-0.15, -0.1) is 11.3 Å². The highest BCUT2D eigenvalue weighted by molar-refractivity contribution is 7.13. The first-order valence-corrected chi connectivity index (χ1v) is 9.32. The number of carbonyl (C=O) groups is 1. The lowest BCUT2D eigenvalue weighted by Crippen LogP contribution is -2.41. The summed E-state index contributed by atoms with van der Waals surface area (Å²) in [5.41, 5.74) is 0.522. The fourth-order valence-corrected chi connectivity index (χ4v) is 3.89. The van der Waals surface area contributed by atoms with E-state index in [9.17, 15) is 9.59 Å². The van der Waals surface area contributed by atoms with Gasteiger partial charge in [-0.25, -0.2) is 14.6 Å². The molecule has 1 atom stereocenters. The fourth-order valence-electron chi connectivity index (χ4n) is 3.20. The number of carbonyl (C=O) groups excluding carboxylic acids is 1. The average Bonchev–Trinajstić information content (AvgIpc) is 3.35. The SMILES string of the molecule is O=C(Cn1cncn1)N1CCC[C@H](c2nc(-c3cccs3)cc(=O)[nH]2)C1. The second kappa shape index (κ2) is 7.20. The van der Waals surface area contributed by atoms with E-state index in [1.165, 1.54) is 23.4 Å². The minimum atomic E-state index is -0.163. The summed E-state index contributed by atoms with van der Waals surface area (Å²) in [5.74, 6) is 0.673. The molecular weight excluding hydrogens is 352 g/mol. The van der Waals surface area contributed by atoms with E-state index in [-0.39, 0.29) is 23.9 Å². The Morgan fingerprint density at radius 2 is 2.35 bits per heavy atom. The smallest absolute Gasteiger partial charge is 0.251 e. The Morgan fingerprint density at radius 1 is 1.42 bits per heavy atom. The Kier molecular flexibility index (Phi) is 4.61. The second-order valence-electron chi connectivity index (χ2n) is 6.27. The van der Waals surface area contributed by atoms with Crippen LogP contribution in [0.3, 0.4) is 0 Å². The van der Waals surface area contributed by atoms with Gasteiger partial charge in [-0.05, 0) is 24.3 Å². The van der Waals surface area contributed by atoms with Gasteiger partial charge < -0.3 is 9.88 Å². The predicted molar refractivity (Wildman–Crippen MR) is 96.7 cm³/mol. The molecule has 0 unspecified atom stereocenters.